The number of hydrogen-bond acceptors (Lipinski definition) is 4. The van der Waals surface area contributed by atoms with E-state index in [-0.39, 0.29) is 23.9 Å². The van der Waals surface area contributed by atoms with Gasteiger partial charge in [0.2, 0.25) is 5.91 Å². The minimum atomic E-state index is -0.903. The highest BCUT2D eigenvalue weighted by molar-refractivity contribution is 9.10. The van der Waals surface area contributed by atoms with Crippen molar-refractivity contribution in [2.24, 2.45) is 12.8 Å². The second kappa shape index (κ2) is 6.71. The van der Waals surface area contributed by atoms with Crippen molar-refractivity contribution in [3.8, 4) is 0 Å². The van der Waals surface area contributed by atoms with E-state index in [9.17, 15) is 9.59 Å². The normalized spacial score (nSPS) is 17.1. The molecular weight excluding hydrogens is 350 g/mol. The van der Waals surface area contributed by atoms with Crippen molar-refractivity contribution >= 4 is 39.9 Å². The molecule has 2 heterocycles. The molecule has 1 aliphatic rings. The first kappa shape index (κ1) is 17.2. The van der Waals surface area contributed by atoms with Gasteiger partial charge in [-0.25, -0.2) is 0 Å². The summed E-state index contributed by atoms with van der Waals surface area (Å²) in [5, 5.41) is 2.75. The van der Waals surface area contributed by atoms with Crippen LogP contribution in [-0.2, 0) is 16.6 Å². The van der Waals surface area contributed by atoms with Crippen molar-refractivity contribution in [1.82, 2.24) is 4.57 Å². The number of ether oxygens (including phenoxy) is 1. The maximum absolute atomic E-state index is 12.2. The molecule has 20 heavy (non-hydrogen) atoms. The summed E-state index contributed by atoms with van der Waals surface area (Å²) < 4.78 is 7.00. The number of carbonyl (C=O) groups excluding carboxylic acids is 1. The van der Waals surface area contributed by atoms with E-state index < -0.39 is 5.54 Å². The lowest BCUT2D eigenvalue weighted by molar-refractivity contribution is -0.124. The van der Waals surface area contributed by atoms with Crippen molar-refractivity contribution in [2.75, 3.05) is 18.5 Å². The molecule has 8 heteroatoms. The number of hydrogen-bond donors (Lipinski definition) is 2. The van der Waals surface area contributed by atoms with Gasteiger partial charge in [0, 0.05) is 26.5 Å². The maximum Gasteiger partial charge on any atom is 0.264 e. The fourth-order valence-corrected chi connectivity index (χ4v) is 2.48. The largest absolute Gasteiger partial charge is 0.381 e. The quantitative estimate of drug-likeness (QED) is 0.818. The van der Waals surface area contributed by atoms with Gasteiger partial charge in [-0.2, -0.15) is 0 Å². The van der Waals surface area contributed by atoms with E-state index in [1.54, 1.807) is 19.3 Å². The van der Waals surface area contributed by atoms with Gasteiger partial charge in [-0.1, -0.05) is 0 Å². The highest BCUT2D eigenvalue weighted by Crippen LogP contribution is 2.20. The third kappa shape index (κ3) is 3.60. The predicted molar refractivity (Wildman–Crippen MR) is 82.2 cm³/mol. The molecule has 0 aromatic carbocycles. The van der Waals surface area contributed by atoms with Gasteiger partial charge in [0.15, 0.2) is 0 Å². The average Bonchev–Trinajstić information content (AvgIpc) is 2.36. The Labute approximate surface area is 131 Å². The lowest BCUT2D eigenvalue weighted by atomic mass is 9.90. The van der Waals surface area contributed by atoms with Crippen LogP contribution in [0.25, 0.3) is 0 Å². The molecule has 0 spiro atoms. The van der Waals surface area contributed by atoms with E-state index in [1.165, 1.54) is 4.57 Å². The van der Waals surface area contributed by atoms with Crippen LogP contribution in [0.1, 0.15) is 12.8 Å². The van der Waals surface area contributed by atoms with Gasteiger partial charge in [-0.3, -0.25) is 9.59 Å². The molecule has 6 nitrogen and oxygen atoms in total. The number of amides is 1. The topological polar surface area (TPSA) is 86.3 Å². The van der Waals surface area contributed by atoms with Gasteiger partial charge in [-0.05, 0) is 34.8 Å². The van der Waals surface area contributed by atoms with Crippen LogP contribution >= 0.6 is 28.3 Å². The Morgan fingerprint density at radius 3 is 2.65 bits per heavy atom. The van der Waals surface area contributed by atoms with E-state index in [4.69, 9.17) is 10.5 Å². The van der Waals surface area contributed by atoms with Crippen molar-refractivity contribution in [2.45, 2.75) is 18.4 Å². The van der Waals surface area contributed by atoms with Crippen molar-refractivity contribution < 1.29 is 9.53 Å². The summed E-state index contributed by atoms with van der Waals surface area (Å²) in [6, 6.07) is 1.57. The predicted octanol–water partition coefficient (Wildman–Crippen LogP) is 1.02. The lowest BCUT2D eigenvalue weighted by Crippen LogP contribution is -2.54. The summed E-state index contributed by atoms with van der Waals surface area (Å²) in [4.78, 5) is 23.7. The third-order valence-electron chi connectivity index (χ3n) is 3.23. The highest BCUT2D eigenvalue weighted by atomic mass is 79.9. The summed E-state index contributed by atoms with van der Waals surface area (Å²) in [7, 11) is 1.62. The second-order valence-electron chi connectivity index (χ2n) is 4.72. The van der Waals surface area contributed by atoms with Gasteiger partial charge >= 0.3 is 0 Å². The Morgan fingerprint density at radius 1 is 1.50 bits per heavy atom. The van der Waals surface area contributed by atoms with Crippen LogP contribution in [0.4, 0.5) is 5.69 Å². The number of halogens is 2. The minimum Gasteiger partial charge on any atom is -0.381 e. The van der Waals surface area contributed by atoms with Crippen LogP contribution in [0, 0.1) is 0 Å². The van der Waals surface area contributed by atoms with Crippen LogP contribution < -0.4 is 16.6 Å². The second-order valence-corrected chi connectivity index (χ2v) is 5.57. The molecule has 1 amide bonds. The molecule has 0 unspecified atom stereocenters. The Balaban J connectivity index is 0.00000200. The molecule has 1 fully saturated rings. The number of aromatic nitrogens is 1. The van der Waals surface area contributed by atoms with Crippen LogP contribution in [0.15, 0.2) is 21.5 Å². The summed E-state index contributed by atoms with van der Waals surface area (Å²) >= 11 is 3.16. The summed E-state index contributed by atoms with van der Waals surface area (Å²) in [5.74, 6) is -0.249. The third-order valence-corrected chi connectivity index (χ3v) is 3.80. The molecule has 3 N–H and O–H groups in total. The zero-order chi connectivity index (χ0) is 14.0. The van der Waals surface area contributed by atoms with Gasteiger partial charge in [-0.15, -0.1) is 12.4 Å². The molecule has 0 bridgehead atoms. The van der Waals surface area contributed by atoms with E-state index >= 15 is 0 Å². The van der Waals surface area contributed by atoms with Crippen LogP contribution in [0.3, 0.4) is 0 Å². The first-order valence-electron chi connectivity index (χ1n) is 5.97. The zero-order valence-corrected chi connectivity index (χ0v) is 13.4. The van der Waals surface area contributed by atoms with Gasteiger partial charge in [0.25, 0.3) is 5.56 Å². The number of anilines is 1. The first-order valence-corrected chi connectivity index (χ1v) is 6.76. The number of nitrogens with two attached hydrogens (primary N) is 1. The highest BCUT2D eigenvalue weighted by Gasteiger charge is 2.35. The molecule has 0 radical (unpaired) electrons. The fraction of sp³-hybridized carbons (Fsp3) is 0.500. The molecule has 1 aromatic rings. The Hall–Kier alpha value is -0.890. The van der Waals surface area contributed by atoms with E-state index in [2.05, 4.69) is 21.2 Å². The molecule has 0 saturated carbocycles. The van der Waals surface area contributed by atoms with Crippen molar-refractivity contribution in [1.29, 1.82) is 0 Å². The van der Waals surface area contributed by atoms with Crippen molar-refractivity contribution in [3.05, 3.63) is 27.1 Å². The first-order chi connectivity index (χ1) is 8.92. The smallest absolute Gasteiger partial charge is 0.264 e. The minimum absolute atomic E-state index is 0. The number of rotatable bonds is 2. The Morgan fingerprint density at radius 2 is 2.10 bits per heavy atom. The summed E-state index contributed by atoms with van der Waals surface area (Å²) in [5.41, 5.74) is 5.56. The number of nitrogens with one attached hydrogen (secondary N) is 1. The van der Waals surface area contributed by atoms with Crippen LogP contribution in [0.5, 0.6) is 0 Å². The zero-order valence-electron chi connectivity index (χ0n) is 11.0. The van der Waals surface area contributed by atoms with E-state index in [0.717, 1.165) is 0 Å². The molecule has 1 saturated heterocycles. The van der Waals surface area contributed by atoms with Gasteiger partial charge in [0.1, 0.15) is 5.54 Å². The lowest BCUT2D eigenvalue weighted by Gasteiger charge is -2.31. The SMILES string of the molecule is Cl.Cn1cc(NC(=O)C2(N)CCOCC2)cc(Br)c1=O. The standard InChI is InChI=1S/C12H16BrN3O3.ClH/c1-16-7-8(6-9(13)10(16)17)15-11(18)12(14)2-4-19-5-3-12;/h6-7H,2-5,14H2,1H3,(H,15,18);1H. The van der Waals surface area contributed by atoms with E-state index in [0.29, 0.717) is 36.2 Å². The van der Waals surface area contributed by atoms with Crippen LogP contribution in [-0.4, -0.2) is 29.2 Å². The summed E-state index contributed by atoms with van der Waals surface area (Å²) in [6.07, 6.45) is 2.55. The van der Waals surface area contributed by atoms with E-state index in [1.807, 2.05) is 0 Å². The molecule has 0 aliphatic carbocycles. The number of carbonyl (C=O) groups is 1. The average molecular weight is 367 g/mol. The summed E-state index contributed by atoms with van der Waals surface area (Å²) in [6.45, 7) is 0.974. The number of pyridine rings is 1. The monoisotopic (exact) mass is 365 g/mol. The van der Waals surface area contributed by atoms with Crippen LogP contribution in [0.2, 0.25) is 0 Å². The molecule has 112 valence electrons. The van der Waals surface area contributed by atoms with Crippen molar-refractivity contribution in [3.63, 3.8) is 0 Å². The molecule has 1 aliphatic heterocycles. The molecule has 2 rings (SSSR count). The van der Waals surface area contributed by atoms with Gasteiger partial charge in [0.05, 0.1) is 10.2 Å². The van der Waals surface area contributed by atoms with Gasteiger partial charge < -0.3 is 20.4 Å². The molecular formula is C12H17BrClN3O3. The molecule has 0 atom stereocenters. The fourth-order valence-electron chi connectivity index (χ4n) is 1.96. The number of nitrogens with zero attached hydrogens (tertiary/aromatic N) is 1. The Kier molecular flexibility index (Phi) is 5.76. The number of aryl methyl sites for hydroxylation is 1. The maximum atomic E-state index is 12.2. The Bertz CT molecular complexity index is 529. The molecule has 1 aromatic heterocycles.